The number of nitriles is 1. The van der Waals surface area contributed by atoms with Gasteiger partial charge in [0.2, 0.25) is 0 Å². The molecule has 120 valence electrons. The second-order valence-corrected chi connectivity index (χ2v) is 5.83. The third-order valence-electron chi connectivity index (χ3n) is 4.65. The summed E-state index contributed by atoms with van der Waals surface area (Å²) in [7, 11) is 2.78. The molecule has 0 aliphatic carbocycles. The Kier molecular flexibility index (Phi) is 3.44. The highest BCUT2D eigenvalue weighted by Crippen LogP contribution is 2.58. The van der Waals surface area contributed by atoms with Crippen molar-refractivity contribution >= 4 is 11.8 Å². The zero-order valence-electron chi connectivity index (χ0n) is 13.5. The first-order valence-corrected chi connectivity index (χ1v) is 7.36. The van der Waals surface area contributed by atoms with Crippen molar-refractivity contribution in [1.82, 2.24) is 0 Å². The molecule has 6 heteroatoms. The lowest BCUT2D eigenvalue weighted by Gasteiger charge is -2.34. The molecule has 0 aromatic heterocycles. The Labute approximate surface area is 134 Å². The molecule has 0 N–H and O–H groups in total. The molecule has 0 saturated heterocycles. The smallest absolute Gasteiger partial charge is 0.417 e. The fourth-order valence-electron chi connectivity index (χ4n) is 3.70. The van der Waals surface area contributed by atoms with Crippen molar-refractivity contribution in [1.29, 1.82) is 5.26 Å². The number of benzene rings is 1. The van der Waals surface area contributed by atoms with Gasteiger partial charge in [-0.2, -0.15) is 5.26 Å². The third kappa shape index (κ3) is 1.70. The topological polar surface area (TPSA) is 71.8 Å². The standard InChI is InChI=1S/C17H18N2O4/c1-10(2)17-11-7-5-6-8-13(11)19(16(20)22-4)15(17)23-14(21-3)12(17)9-18/h5-8,10,15H,1-4H3. The largest absolute Gasteiger partial charge is 0.468 e. The first-order valence-electron chi connectivity index (χ1n) is 7.36. The molecule has 23 heavy (non-hydrogen) atoms. The van der Waals surface area contributed by atoms with E-state index in [1.165, 1.54) is 19.1 Å². The normalized spacial score (nSPS) is 24.9. The van der Waals surface area contributed by atoms with Gasteiger partial charge in [0, 0.05) is 0 Å². The minimum atomic E-state index is -0.773. The van der Waals surface area contributed by atoms with Gasteiger partial charge in [-0.15, -0.1) is 0 Å². The van der Waals surface area contributed by atoms with Crippen LogP contribution in [0.2, 0.25) is 0 Å². The average molecular weight is 314 g/mol. The van der Waals surface area contributed by atoms with Crippen LogP contribution in [0.3, 0.4) is 0 Å². The summed E-state index contributed by atoms with van der Waals surface area (Å²) in [5, 5.41) is 9.73. The predicted molar refractivity (Wildman–Crippen MR) is 82.4 cm³/mol. The summed E-state index contributed by atoms with van der Waals surface area (Å²) in [4.78, 5) is 13.8. The highest BCUT2D eigenvalue weighted by molar-refractivity contribution is 5.93. The minimum absolute atomic E-state index is 0.00519. The molecular weight excluding hydrogens is 296 g/mol. The summed E-state index contributed by atoms with van der Waals surface area (Å²) >= 11 is 0. The number of nitrogens with zero attached hydrogens (tertiary/aromatic N) is 2. The van der Waals surface area contributed by atoms with Gasteiger partial charge in [-0.25, -0.2) is 9.69 Å². The SMILES string of the molecule is COC(=O)N1c2ccccc2C2(C(C)C)C(C#N)=C(OC)OC12. The molecule has 0 fully saturated rings. The molecule has 1 aromatic carbocycles. The quantitative estimate of drug-likeness (QED) is 0.839. The number of hydrogen-bond acceptors (Lipinski definition) is 5. The molecule has 0 saturated carbocycles. The van der Waals surface area contributed by atoms with Crippen LogP contribution in [0.5, 0.6) is 0 Å². The second-order valence-electron chi connectivity index (χ2n) is 5.83. The van der Waals surface area contributed by atoms with E-state index in [1.54, 1.807) is 0 Å². The monoisotopic (exact) mass is 314 g/mol. The van der Waals surface area contributed by atoms with Crippen molar-refractivity contribution in [2.24, 2.45) is 5.92 Å². The molecule has 0 radical (unpaired) electrons. The van der Waals surface area contributed by atoms with Crippen molar-refractivity contribution < 1.29 is 19.0 Å². The number of hydrogen-bond donors (Lipinski definition) is 0. The number of rotatable bonds is 2. The predicted octanol–water partition coefficient (Wildman–Crippen LogP) is 2.90. The maximum Gasteiger partial charge on any atom is 0.417 e. The molecule has 6 nitrogen and oxygen atoms in total. The van der Waals surface area contributed by atoms with Crippen LogP contribution in [-0.4, -0.2) is 26.5 Å². The van der Waals surface area contributed by atoms with Crippen molar-refractivity contribution in [3.05, 3.63) is 41.3 Å². The molecule has 0 bridgehead atoms. The van der Waals surface area contributed by atoms with Crippen molar-refractivity contribution in [3.63, 3.8) is 0 Å². The van der Waals surface area contributed by atoms with Crippen LogP contribution >= 0.6 is 0 Å². The highest BCUT2D eigenvalue weighted by Gasteiger charge is 2.64. The summed E-state index contributed by atoms with van der Waals surface area (Å²) < 4.78 is 16.1. The number of ether oxygens (including phenoxy) is 3. The number of anilines is 1. The zero-order valence-corrected chi connectivity index (χ0v) is 13.5. The molecule has 1 aromatic rings. The Balaban J connectivity index is 2.33. The van der Waals surface area contributed by atoms with E-state index in [4.69, 9.17) is 14.2 Å². The van der Waals surface area contributed by atoms with Crippen molar-refractivity contribution in [3.8, 4) is 6.07 Å². The molecular formula is C17H18N2O4. The number of carbonyl (C=O) groups is 1. The van der Waals surface area contributed by atoms with E-state index in [2.05, 4.69) is 6.07 Å². The van der Waals surface area contributed by atoms with E-state index in [0.29, 0.717) is 11.3 Å². The van der Waals surface area contributed by atoms with E-state index in [9.17, 15) is 10.1 Å². The van der Waals surface area contributed by atoms with E-state index >= 15 is 0 Å². The Morgan fingerprint density at radius 2 is 2.09 bits per heavy atom. The summed E-state index contributed by atoms with van der Waals surface area (Å²) in [5.74, 6) is 0.167. The molecule has 2 aliphatic heterocycles. The van der Waals surface area contributed by atoms with Gasteiger partial charge in [0.1, 0.15) is 11.6 Å². The zero-order chi connectivity index (χ0) is 16.8. The van der Waals surface area contributed by atoms with E-state index in [-0.39, 0.29) is 11.9 Å². The van der Waals surface area contributed by atoms with Crippen molar-refractivity contribution in [2.45, 2.75) is 25.5 Å². The summed E-state index contributed by atoms with van der Waals surface area (Å²) in [5.41, 5.74) is 1.19. The molecule has 2 unspecified atom stereocenters. The van der Waals surface area contributed by atoms with Crippen LogP contribution in [0.4, 0.5) is 10.5 Å². The molecule has 2 aliphatic rings. The summed E-state index contributed by atoms with van der Waals surface area (Å²) in [6.45, 7) is 4.01. The van der Waals surface area contributed by atoms with Crippen LogP contribution in [0.25, 0.3) is 0 Å². The molecule has 3 rings (SSSR count). The molecule has 1 amide bonds. The Bertz CT molecular complexity index is 734. The van der Waals surface area contributed by atoms with E-state index < -0.39 is 17.7 Å². The van der Waals surface area contributed by atoms with Gasteiger partial charge in [0.05, 0.1) is 25.3 Å². The average Bonchev–Trinajstić information content (AvgIpc) is 3.03. The van der Waals surface area contributed by atoms with Crippen LogP contribution in [-0.2, 0) is 19.6 Å². The number of carbonyl (C=O) groups excluding carboxylic acids is 1. The van der Waals surface area contributed by atoms with Crippen LogP contribution in [0.15, 0.2) is 35.8 Å². The fraction of sp³-hybridized carbons (Fsp3) is 0.412. The summed E-state index contributed by atoms with van der Waals surface area (Å²) in [6.07, 6.45) is -1.23. The van der Waals surface area contributed by atoms with Crippen LogP contribution in [0.1, 0.15) is 19.4 Å². The summed E-state index contributed by atoms with van der Waals surface area (Å²) in [6, 6.07) is 9.72. The molecule has 2 atom stereocenters. The van der Waals surface area contributed by atoms with Gasteiger partial charge in [-0.1, -0.05) is 32.0 Å². The number of fused-ring (bicyclic) bond motifs is 3. The maximum atomic E-state index is 12.4. The number of amides is 1. The van der Waals surface area contributed by atoms with Gasteiger partial charge >= 0.3 is 6.09 Å². The van der Waals surface area contributed by atoms with Gasteiger partial charge in [-0.05, 0) is 17.5 Å². The van der Waals surface area contributed by atoms with Gasteiger partial charge in [-0.3, -0.25) is 0 Å². The Morgan fingerprint density at radius 3 is 2.65 bits per heavy atom. The number of para-hydroxylation sites is 1. The van der Waals surface area contributed by atoms with E-state index in [0.717, 1.165) is 5.56 Å². The lowest BCUT2D eigenvalue weighted by atomic mass is 9.68. The van der Waals surface area contributed by atoms with Crippen LogP contribution in [0, 0.1) is 17.2 Å². The fourth-order valence-corrected chi connectivity index (χ4v) is 3.70. The maximum absolute atomic E-state index is 12.4. The van der Waals surface area contributed by atoms with Crippen LogP contribution < -0.4 is 4.90 Å². The first-order chi connectivity index (χ1) is 11.0. The second kappa shape index (κ2) is 5.20. The molecule has 2 heterocycles. The lowest BCUT2D eigenvalue weighted by molar-refractivity contribution is 0.0104. The molecule has 0 spiro atoms. The minimum Gasteiger partial charge on any atom is -0.468 e. The van der Waals surface area contributed by atoms with Gasteiger partial charge < -0.3 is 14.2 Å². The third-order valence-corrected chi connectivity index (χ3v) is 4.65. The van der Waals surface area contributed by atoms with Gasteiger partial charge in [0.25, 0.3) is 5.95 Å². The highest BCUT2D eigenvalue weighted by atomic mass is 16.7. The Morgan fingerprint density at radius 1 is 1.39 bits per heavy atom. The Hall–Kier alpha value is -2.68. The van der Waals surface area contributed by atoms with Crippen molar-refractivity contribution in [2.75, 3.05) is 19.1 Å². The van der Waals surface area contributed by atoms with Gasteiger partial charge in [0.15, 0.2) is 6.23 Å². The lowest BCUT2D eigenvalue weighted by Crippen LogP contribution is -2.49. The van der Waals surface area contributed by atoms with E-state index in [1.807, 2.05) is 38.1 Å². The first kappa shape index (κ1) is 15.2. The number of methoxy groups -OCH3 is 2.